The van der Waals surface area contributed by atoms with E-state index in [2.05, 4.69) is 36.4 Å². The third-order valence-corrected chi connectivity index (χ3v) is 3.84. The molecule has 0 fully saturated rings. The van der Waals surface area contributed by atoms with Gasteiger partial charge in [-0.25, -0.2) is 4.79 Å². The molecule has 3 rings (SSSR count). The van der Waals surface area contributed by atoms with Gasteiger partial charge in [-0.2, -0.15) is 0 Å². The Bertz CT molecular complexity index is 772. The lowest BCUT2D eigenvalue weighted by atomic mass is 10.00. The van der Waals surface area contributed by atoms with Crippen LogP contribution in [0.2, 0.25) is 0 Å². The Morgan fingerprint density at radius 1 is 0.739 bits per heavy atom. The average Bonchev–Trinajstić information content (AvgIpc) is 2.63. The van der Waals surface area contributed by atoms with Crippen molar-refractivity contribution in [1.82, 2.24) is 0 Å². The van der Waals surface area contributed by atoms with Crippen LogP contribution in [0.1, 0.15) is 21.5 Å². The zero-order valence-corrected chi connectivity index (χ0v) is 13.0. The first-order valence-corrected chi connectivity index (χ1v) is 7.58. The summed E-state index contributed by atoms with van der Waals surface area (Å²) in [5, 5.41) is 0. The fraction of sp³-hybridized carbons (Fsp3) is 0.0952. The number of rotatable bonds is 4. The summed E-state index contributed by atoms with van der Waals surface area (Å²) in [5.74, 6) is -0.302. The molecule has 0 saturated heterocycles. The van der Waals surface area contributed by atoms with Gasteiger partial charge < -0.3 is 4.74 Å². The summed E-state index contributed by atoms with van der Waals surface area (Å²) in [6, 6.07) is 26.5. The number of ether oxygens (including phenoxy) is 1. The summed E-state index contributed by atoms with van der Waals surface area (Å²) in [7, 11) is 1.39. The van der Waals surface area contributed by atoms with Crippen molar-refractivity contribution < 1.29 is 9.53 Å². The number of carbonyl (C=O) groups is 1. The van der Waals surface area contributed by atoms with Gasteiger partial charge in [0, 0.05) is 0 Å². The smallest absolute Gasteiger partial charge is 0.337 e. The lowest BCUT2D eigenvalue weighted by Gasteiger charge is -2.06. The highest BCUT2D eigenvalue weighted by Gasteiger charge is 2.05. The summed E-state index contributed by atoms with van der Waals surface area (Å²) >= 11 is 0. The molecule has 0 aromatic heterocycles. The van der Waals surface area contributed by atoms with Gasteiger partial charge in [-0.05, 0) is 40.8 Å². The van der Waals surface area contributed by atoms with Gasteiger partial charge in [-0.1, -0.05) is 66.7 Å². The van der Waals surface area contributed by atoms with E-state index in [1.54, 1.807) is 12.1 Å². The van der Waals surface area contributed by atoms with E-state index in [1.165, 1.54) is 29.4 Å². The Morgan fingerprint density at radius 3 is 1.83 bits per heavy atom. The molecule has 3 aromatic carbocycles. The highest BCUT2D eigenvalue weighted by atomic mass is 16.5. The molecule has 0 aliphatic carbocycles. The van der Waals surface area contributed by atoms with Crippen molar-refractivity contribution >= 4 is 5.97 Å². The van der Waals surface area contributed by atoms with E-state index in [-0.39, 0.29) is 5.97 Å². The molecule has 0 spiro atoms. The molecule has 0 saturated carbocycles. The largest absolute Gasteiger partial charge is 0.465 e. The van der Waals surface area contributed by atoms with Crippen LogP contribution < -0.4 is 0 Å². The number of hydrogen-bond donors (Lipinski definition) is 0. The second kappa shape index (κ2) is 6.93. The molecular weight excluding hydrogens is 284 g/mol. The minimum Gasteiger partial charge on any atom is -0.465 e. The van der Waals surface area contributed by atoms with Crippen LogP contribution in [0, 0.1) is 0 Å². The van der Waals surface area contributed by atoms with E-state index < -0.39 is 0 Å². The molecule has 2 heteroatoms. The van der Waals surface area contributed by atoms with Gasteiger partial charge in [0.2, 0.25) is 0 Å². The predicted molar refractivity (Wildman–Crippen MR) is 92.5 cm³/mol. The fourth-order valence-corrected chi connectivity index (χ4v) is 2.56. The minimum atomic E-state index is -0.302. The van der Waals surface area contributed by atoms with E-state index in [1.807, 2.05) is 30.3 Å². The maximum Gasteiger partial charge on any atom is 0.337 e. The van der Waals surface area contributed by atoms with Gasteiger partial charge in [0.25, 0.3) is 0 Å². The number of benzene rings is 3. The van der Waals surface area contributed by atoms with Crippen LogP contribution in [0.15, 0.2) is 78.9 Å². The molecule has 23 heavy (non-hydrogen) atoms. The number of esters is 1. The molecule has 0 unspecified atom stereocenters. The van der Waals surface area contributed by atoms with Gasteiger partial charge in [-0.3, -0.25) is 0 Å². The van der Waals surface area contributed by atoms with Crippen molar-refractivity contribution in [2.75, 3.05) is 7.11 Å². The van der Waals surface area contributed by atoms with Crippen molar-refractivity contribution in [3.8, 4) is 11.1 Å². The zero-order valence-electron chi connectivity index (χ0n) is 13.0. The van der Waals surface area contributed by atoms with Crippen LogP contribution in [0.5, 0.6) is 0 Å². The first-order chi connectivity index (χ1) is 11.3. The Balaban J connectivity index is 1.72. The Morgan fingerprint density at radius 2 is 1.26 bits per heavy atom. The summed E-state index contributed by atoms with van der Waals surface area (Å²) in [6.45, 7) is 0. The van der Waals surface area contributed by atoms with Crippen LogP contribution >= 0.6 is 0 Å². The highest BCUT2D eigenvalue weighted by Crippen LogP contribution is 2.20. The molecule has 0 aliphatic rings. The van der Waals surface area contributed by atoms with Crippen molar-refractivity contribution in [3.63, 3.8) is 0 Å². The van der Waals surface area contributed by atoms with Crippen LogP contribution in [0.25, 0.3) is 11.1 Å². The Labute approximate surface area is 136 Å². The Hall–Kier alpha value is -2.87. The summed E-state index contributed by atoms with van der Waals surface area (Å²) in [5.41, 5.74) is 5.44. The molecule has 0 amide bonds. The van der Waals surface area contributed by atoms with Crippen molar-refractivity contribution in [2.24, 2.45) is 0 Å². The lowest BCUT2D eigenvalue weighted by molar-refractivity contribution is 0.0600. The second-order valence-corrected chi connectivity index (χ2v) is 5.43. The van der Waals surface area contributed by atoms with Crippen LogP contribution in [-0.4, -0.2) is 13.1 Å². The predicted octanol–water partition coefficient (Wildman–Crippen LogP) is 4.73. The summed E-state index contributed by atoms with van der Waals surface area (Å²) in [6.07, 6.45) is 0.844. The van der Waals surface area contributed by atoms with Gasteiger partial charge in [0.1, 0.15) is 0 Å². The molecule has 3 aromatic rings. The first-order valence-electron chi connectivity index (χ1n) is 7.58. The molecule has 2 nitrogen and oxygen atoms in total. The molecule has 0 N–H and O–H groups in total. The molecule has 0 radical (unpaired) electrons. The van der Waals surface area contributed by atoms with Gasteiger partial charge in [0.05, 0.1) is 12.7 Å². The second-order valence-electron chi connectivity index (χ2n) is 5.43. The summed E-state index contributed by atoms with van der Waals surface area (Å²) in [4.78, 5) is 11.4. The topological polar surface area (TPSA) is 26.3 Å². The molecule has 0 atom stereocenters. The first kappa shape index (κ1) is 15.0. The zero-order chi connectivity index (χ0) is 16.1. The van der Waals surface area contributed by atoms with Gasteiger partial charge in [-0.15, -0.1) is 0 Å². The quantitative estimate of drug-likeness (QED) is 0.651. The molecular formula is C21H18O2. The van der Waals surface area contributed by atoms with E-state index in [0.717, 1.165) is 6.42 Å². The maximum atomic E-state index is 11.4. The monoisotopic (exact) mass is 302 g/mol. The molecule has 0 heterocycles. The molecule has 0 bridgehead atoms. The van der Waals surface area contributed by atoms with Crippen LogP contribution in [0.4, 0.5) is 0 Å². The van der Waals surface area contributed by atoms with Crippen LogP contribution in [-0.2, 0) is 11.2 Å². The van der Waals surface area contributed by atoms with Crippen molar-refractivity contribution in [3.05, 3.63) is 95.6 Å². The van der Waals surface area contributed by atoms with E-state index in [9.17, 15) is 4.79 Å². The maximum absolute atomic E-state index is 11.4. The standard InChI is InChI=1S/C21H18O2/c1-23-21(22)20-13-9-17(10-14-20)15-16-7-11-19(12-8-16)18-5-3-2-4-6-18/h2-14H,15H2,1H3. The van der Waals surface area contributed by atoms with Crippen LogP contribution in [0.3, 0.4) is 0 Å². The third-order valence-electron chi connectivity index (χ3n) is 3.84. The normalized spacial score (nSPS) is 10.3. The molecule has 0 aliphatic heterocycles. The molecule has 114 valence electrons. The summed E-state index contributed by atoms with van der Waals surface area (Å²) < 4.78 is 4.71. The van der Waals surface area contributed by atoms with E-state index in [4.69, 9.17) is 4.74 Å². The number of hydrogen-bond acceptors (Lipinski definition) is 2. The SMILES string of the molecule is COC(=O)c1ccc(Cc2ccc(-c3ccccc3)cc2)cc1. The fourth-order valence-electron chi connectivity index (χ4n) is 2.56. The van der Waals surface area contributed by atoms with Gasteiger partial charge in [0.15, 0.2) is 0 Å². The number of methoxy groups -OCH3 is 1. The minimum absolute atomic E-state index is 0.302. The van der Waals surface area contributed by atoms with E-state index in [0.29, 0.717) is 5.56 Å². The van der Waals surface area contributed by atoms with Gasteiger partial charge >= 0.3 is 5.97 Å². The Kier molecular flexibility index (Phi) is 4.53. The number of carbonyl (C=O) groups excluding carboxylic acids is 1. The highest BCUT2D eigenvalue weighted by molar-refractivity contribution is 5.89. The van der Waals surface area contributed by atoms with E-state index >= 15 is 0 Å². The lowest BCUT2D eigenvalue weighted by Crippen LogP contribution is -2.00. The van der Waals surface area contributed by atoms with Crippen molar-refractivity contribution in [1.29, 1.82) is 0 Å². The van der Waals surface area contributed by atoms with Crippen molar-refractivity contribution in [2.45, 2.75) is 6.42 Å². The third kappa shape index (κ3) is 3.67. The average molecular weight is 302 g/mol.